The summed E-state index contributed by atoms with van der Waals surface area (Å²) in [5.74, 6) is 0.987. The van der Waals surface area contributed by atoms with E-state index in [9.17, 15) is 13.2 Å². The number of rotatable bonds is 3. The van der Waals surface area contributed by atoms with Crippen molar-refractivity contribution in [1.29, 1.82) is 0 Å². The zero-order valence-corrected chi connectivity index (χ0v) is 15.6. The lowest BCUT2D eigenvalue weighted by Crippen LogP contribution is -2.38. The first-order chi connectivity index (χ1) is 14.0. The highest BCUT2D eigenvalue weighted by Crippen LogP contribution is 2.36. The maximum atomic E-state index is 13.0. The molecule has 1 fully saturated rings. The normalized spacial score (nSPS) is 17.9. The van der Waals surface area contributed by atoms with Crippen LogP contribution < -0.4 is 4.90 Å². The lowest BCUT2D eigenvalue weighted by Gasteiger charge is -2.33. The molecule has 0 unspecified atom stereocenters. The Morgan fingerprint density at radius 3 is 2.93 bits per heavy atom. The van der Waals surface area contributed by atoms with Crippen LogP contribution in [0.5, 0.6) is 0 Å². The number of nitrogens with one attached hydrogen (secondary N) is 1. The molecule has 0 amide bonds. The minimum absolute atomic E-state index is 0.145. The molecule has 150 valence electrons. The van der Waals surface area contributed by atoms with E-state index in [1.165, 1.54) is 10.6 Å². The SMILES string of the molecule is FC(F)(F)c1cn2c(-c3nccc(N4CCO[C@H](c5cn[nH]c5)C4)n3)cnc2s1. The molecule has 1 aliphatic heterocycles. The summed E-state index contributed by atoms with van der Waals surface area (Å²) >= 11 is 0.586. The molecule has 1 saturated heterocycles. The molecule has 1 atom stereocenters. The quantitative estimate of drug-likeness (QED) is 0.547. The smallest absolute Gasteiger partial charge is 0.370 e. The Labute approximate surface area is 166 Å². The molecule has 0 aliphatic carbocycles. The molecule has 5 heterocycles. The Morgan fingerprint density at radius 1 is 1.24 bits per heavy atom. The van der Waals surface area contributed by atoms with Crippen molar-refractivity contribution in [1.82, 2.24) is 29.5 Å². The van der Waals surface area contributed by atoms with Crippen LogP contribution in [-0.4, -0.2) is 49.2 Å². The Kier molecular flexibility index (Phi) is 4.24. The van der Waals surface area contributed by atoms with Crippen molar-refractivity contribution in [3.8, 4) is 11.5 Å². The fourth-order valence-electron chi connectivity index (χ4n) is 3.23. The van der Waals surface area contributed by atoms with Crippen LogP contribution in [0.2, 0.25) is 0 Å². The zero-order valence-electron chi connectivity index (χ0n) is 14.8. The van der Waals surface area contributed by atoms with Gasteiger partial charge in [0.15, 0.2) is 10.8 Å². The summed E-state index contributed by atoms with van der Waals surface area (Å²) in [4.78, 5) is 14.5. The molecule has 0 spiro atoms. The first-order valence-corrected chi connectivity index (χ1v) is 9.53. The van der Waals surface area contributed by atoms with Gasteiger partial charge in [0.2, 0.25) is 0 Å². The van der Waals surface area contributed by atoms with Gasteiger partial charge in [0.05, 0.1) is 19.0 Å². The van der Waals surface area contributed by atoms with Crippen LogP contribution in [0.1, 0.15) is 16.5 Å². The summed E-state index contributed by atoms with van der Waals surface area (Å²) in [7, 11) is 0. The number of hydrogen-bond acceptors (Lipinski definition) is 7. The van der Waals surface area contributed by atoms with Crippen molar-refractivity contribution in [3.05, 3.63) is 47.5 Å². The second-order valence-electron chi connectivity index (χ2n) is 6.46. The Hall–Kier alpha value is -2.99. The number of halogens is 3. The summed E-state index contributed by atoms with van der Waals surface area (Å²) in [5, 5.41) is 6.73. The predicted octanol–water partition coefficient (Wildman–Crippen LogP) is 3.17. The summed E-state index contributed by atoms with van der Waals surface area (Å²) in [5.41, 5.74) is 1.35. The van der Waals surface area contributed by atoms with Gasteiger partial charge in [0.25, 0.3) is 0 Å². The van der Waals surface area contributed by atoms with Crippen molar-refractivity contribution in [2.45, 2.75) is 12.3 Å². The van der Waals surface area contributed by atoms with E-state index in [-0.39, 0.29) is 11.1 Å². The van der Waals surface area contributed by atoms with Crippen LogP contribution in [0.15, 0.2) is 37.1 Å². The van der Waals surface area contributed by atoms with E-state index >= 15 is 0 Å². The number of anilines is 1. The van der Waals surface area contributed by atoms with Crippen LogP contribution >= 0.6 is 11.3 Å². The summed E-state index contributed by atoms with van der Waals surface area (Å²) in [6.45, 7) is 1.74. The monoisotopic (exact) mass is 421 g/mol. The van der Waals surface area contributed by atoms with Crippen molar-refractivity contribution >= 4 is 22.1 Å². The third-order valence-electron chi connectivity index (χ3n) is 4.64. The van der Waals surface area contributed by atoms with Gasteiger partial charge in [-0.2, -0.15) is 18.3 Å². The Balaban J connectivity index is 1.46. The molecule has 0 saturated carbocycles. The predicted molar refractivity (Wildman–Crippen MR) is 98.6 cm³/mol. The molecule has 4 aromatic rings. The van der Waals surface area contributed by atoms with Crippen LogP contribution in [0.4, 0.5) is 19.0 Å². The largest absolute Gasteiger partial charge is 0.427 e. The number of aromatic amines is 1. The van der Waals surface area contributed by atoms with Gasteiger partial charge in [0.1, 0.15) is 22.5 Å². The van der Waals surface area contributed by atoms with E-state index in [1.807, 2.05) is 0 Å². The van der Waals surface area contributed by atoms with E-state index in [4.69, 9.17) is 4.74 Å². The molecule has 0 bridgehead atoms. The molecule has 29 heavy (non-hydrogen) atoms. The van der Waals surface area contributed by atoms with Crippen molar-refractivity contribution in [3.63, 3.8) is 0 Å². The van der Waals surface area contributed by atoms with Gasteiger partial charge in [-0.25, -0.2) is 15.0 Å². The molecule has 0 aromatic carbocycles. The van der Waals surface area contributed by atoms with E-state index in [2.05, 4.69) is 30.0 Å². The molecule has 5 rings (SSSR count). The third kappa shape index (κ3) is 3.34. The molecule has 1 aliphatic rings. The van der Waals surface area contributed by atoms with Crippen LogP contribution in [0, 0.1) is 0 Å². The number of morpholine rings is 1. The lowest BCUT2D eigenvalue weighted by atomic mass is 10.1. The Bertz CT molecular complexity index is 1140. The van der Waals surface area contributed by atoms with Gasteiger partial charge in [-0.15, -0.1) is 0 Å². The number of hydrogen-bond donors (Lipinski definition) is 1. The minimum atomic E-state index is -4.42. The minimum Gasteiger partial charge on any atom is -0.370 e. The second-order valence-corrected chi connectivity index (χ2v) is 7.47. The maximum absolute atomic E-state index is 13.0. The van der Waals surface area contributed by atoms with Crippen molar-refractivity contribution in [2.75, 3.05) is 24.6 Å². The van der Waals surface area contributed by atoms with Crippen molar-refractivity contribution in [2.24, 2.45) is 0 Å². The molecular formula is C17H14F3N7OS. The summed E-state index contributed by atoms with van der Waals surface area (Å²) < 4.78 is 46.2. The van der Waals surface area contributed by atoms with E-state index in [0.717, 1.165) is 11.8 Å². The number of nitrogens with zero attached hydrogens (tertiary/aromatic N) is 6. The van der Waals surface area contributed by atoms with Crippen LogP contribution in [-0.2, 0) is 10.9 Å². The van der Waals surface area contributed by atoms with E-state index in [1.54, 1.807) is 24.7 Å². The first-order valence-electron chi connectivity index (χ1n) is 8.72. The van der Waals surface area contributed by atoms with E-state index < -0.39 is 11.1 Å². The van der Waals surface area contributed by atoms with Crippen LogP contribution in [0.25, 0.3) is 16.5 Å². The number of alkyl halides is 3. The number of fused-ring (bicyclic) bond motifs is 1. The average molecular weight is 421 g/mol. The van der Waals surface area contributed by atoms with Gasteiger partial charge < -0.3 is 9.64 Å². The van der Waals surface area contributed by atoms with E-state index in [0.29, 0.717) is 48.4 Å². The number of thiazole rings is 1. The topological polar surface area (TPSA) is 84.2 Å². The van der Waals surface area contributed by atoms with Gasteiger partial charge in [-0.05, 0) is 6.07 Å². The average Bonchev–Trinajstić information content (AvgIpc) is 3.44. The highest BCUT2D eigenvalue weighted by molar-refractivity contribution is 7.17. The summed E-state index contributed by atoms with van der Waals surface area (Å²) in [6, 6.07) is 1.77. The maximum Gasteiger partial charge on any atom is 0.427 e. The molecule has 4 aromatic heterocycles. The van der Waals surface area contributed by atoms with Crippen LogP contribution in [0.3, 0.4) is 0 Å². The van der Waals surface area contributed by atoms with Gasteiger partial charge in [-0.1, -0.05) is 11.3 Å². The fraction of sp³-hybridized carbons (Fsp3) is 0.294. The summed E-state index contributed by atoms with van der Waals surface area (Å²) in [6.07, 6.45) is 3.06. The van der Waals surface area contributed by atoms with Gasteiger partial charge in [0, 0.05) is 37.2 Å². The van der Waals surface area contributed by atoms with Gasteiger partial charge in [-0.3, -0.25) is 9.50 Å². The lowest BCUT2D eigenvalue weighted by molar-refractivity contribution is -0.134. The molecule has 0 radical (unpaired) electrons. The number of imidazole rings is 1. The van der Waals surface area contributed by atoms with Crippen molar-refractivity contribution < 1.29 is 17.9 Å². The highest BCUT2D eigenvalue weighted by Gasteiger charge is 2.34. The second kappa shape index (κ2) is 6.81. The molecule has 12 heteroatoms. The third-order valence-corrected chi connectivity index (χ3v) is 5.68. The molecular weight excluding hydrogens is 407 g/mol. The standard InChI is InChI=1S/C17H14F3N7OS/c18-17(19,20)13-9-27-11(7-22-16(27)29-13)15-21-2-1-14(25-15)26-3-4-28-12(8-26)10-5-23-24-6-10/h1-2,5-7,9,12H,3-4,8H2,(H,23,24)/t12-/m0/s1. The fourth-order valence-corrected chi connectivity index (χ4v) is 4.05. The molecule has 1 N–H and O–H groups in total. The first kappa shape index (κ1) is 18.1. The highest BCUT2D eigenvalue weighted by atomic mass is 32.1. The van der Waals surface area contributed by atoms with Gasteiger partial charge >= 0.3 is 6.18 Å². The zero-order chi connectivity index (χ0) is 20.0. The molecule has 8 nitrogen and oxygen atoms in total. The number of H-pyrrole nitrogens is 1. The number of aromatic nitrogens is 6. The Morgan fingerprint density at radius 2 is 2.14 bits per heavy atom. The number of ether oxygens (including phenoxy) is 1.